The summed E-state index contributed by atoms with van der Waals surface area (Å²) in [5, 5.41) is 13.3. The molecule has 8 heteroatoms. The second kappa shape index (κ2) is 8.74. The van der Waals surface area contributed by atoms with Gasteiger partial charge in [-0.15, -0.1) is 0 Å². The van der Waals surface area contributed by atoms with Crippen molar-refractivity contribution in [1.82, 2.24) is 20.1 Å². The van der Waals surface area contributed by atoms with Crippen LogP contribution >= 0.6 is 0 Å². The summed E-state index contributed by atoms with van der Waals surface area (Å²) in [4.78, 5) is 12.6. The maximum Gasteiger partial charge on any atom is 0.337 e. The Kier molecular flexibility index (Phi) is 5.85. The van der Waals surface area contributed by atoms with Crippen molar-refractivity contribution in [3.05, 3.63) is 65.5 Å². The fourth-order valence-electron chi connectivity index (χ4n) is 3.97. The van der Waals surface area contributed by atoms with Crippen molar-refractivity contribution in [1.29, 1.82) is 0 Å². The first-order valence-corrected chi connectivity index (χ1v) is 10.4. The average molecular weight is 434 g/mol. The van der Waals surface area contributed by atoms with Crippen molar-refractivity contribution in [2.45, 2.75) is 19.4 Å². The summed E-state index contributed by atoms with van der Waals surface area (Å²) < 4.78 is 12.9. The zero-order chi connectivity index (χ0) is 22.8. The molecule has 1 aliphatic heterocycles. The van der Waals surface area contributed by atoms with Crippen LogP contribution in [0.3, 0.4) is 0 Å². The van der Waals surface area contributed by atoms with Gasteiger partial charge in [-0.05, 0) is 42.7 Å². The van der Waals surface area contributed by atoms with Gasteiger partial charge in [0.05, 0.1) is 32.2 Å². The van der Waals surface area contributed by atoms with Gasteiger partial charge in [-0.2, -0.15) is 10.2 Å². The van der Waals surface area contributed by atoms with E-state index in [1.54, 1.807) is 25.9 Å². The van der Waals surface area contributed by atoms with Gasteiger partial charge in [-0.25, -0.2) is 9.80 Å². The van der Waals surface area contributed by atoms with E-state index in [0.717, 1.165) is 27.8 Å². The van der Waals surface area contributed by atoms with Crippen LogP contribution in [0.2, 0.25) is 0 Å². The third kappa shape index (κ3) is 3.91. The first kappa shape index (κ1) is 21.4. The number of benzene rings is 2. The largest absolute Gasteiger partial charge is 0.493 e. The zero-order valence-corrected chi connectivity index (χ0v) is 18.9. The Labute approximate surface area is 187 Å². The molecule has 0 spiro atoms. The molecule has 1 aromatic heterocycles. The number of nitrogens with one attached hydrogen (secondary N) is 1. The number of fused-ring (bicyclic) bond motifs is 1. The molecule has 8 nitrogen and oxygen atoms in total. The van der Waals surface area contributed by atoms with Crippen LogP contribution in [0.5, 0.6) is 11.5 Å². The molecule has 2 amide bonds. The van der Waals surface area contributed by atoms with Gasteiger partial charge in [0.2, 0.25) is 0 Å². The molecule has 1 unspecified atom stereocenters. The number of rotatable bonds is 4. The molecule has 1 atom stereocenters. The summed E-state index contributed by atoms with van der Waals surface area (Å²) in [6.07, 6.45) is 4.42. The van der Waals surface area contributed by atoms with Crippen LogP contribution in [-0.4, -0.2) is 53.8 Å². The highest BCUT2D eigenvalue weighted by atomic mass is 16.5. The molecule has 0 aliphatic carbocycles. The lowest BCUT2D eigenvalue weighted by atomic mass is 9.93. The van der Waals surface area contributed by atoms with Crippen molar-refractivity contribution in [3.8, 4) is 22.6 Å². The van der Waals surface area contributed by atoms with E-state index in [0.29, 0.717) is 23.6 Å². The number of hydrogen-bond donors (Lipinski definition) is 1. The molecule has 0 bridgehead atoms. The molecule has 4 rings (SSSR count). The molecule has 32 heavy (non-hydrogen) atoms. The summed E-state index contributed by atoms with van der Waals surface area (Å²) in [7, 11) is 6.73. The average Bonchev–Trinajstić information content (AvgIpc) is 3.19. The van der Waals surface area contributed by atoms with E-state index in [2.05, 4.69) is 16.5 Å². The van der Waals surface area contributed by atoms with E-state index in [1.165, 1.54) is 5.01 Å². The van der Waals surface area contributed by atoms with Crippen molar-refractivity contribution in [2.75, 3.05) is 21.3 Å². The van der Waals surface area contributed by atoms with Crippen molar-refractivity contribution < 1.29 is 14.3 Å². The van der Waals surface area contributed by atoms with E-state index in [-0.39, 0.29) is 12.1 Å². The SMILES string of the molecule is CNC(=O)N1N=C(c2cccc(-c3cnn(C)c3)c2)c2cc(OC)c(OC)cc2CC1C. The van der Waals surface area contributed by atoms with Crippen LogP contribution in [0.25, 0.3) is 11.1 Å². The van der Waals surface area contributed by atoms with E-state index in [4.69, 9.17) is 14.6 Å². The zero-order valence-electron chi connectivity index (χ0n) is 18.9. The molecule has 2 heterocycles. The minimum atomic E-state index is -0.259. The third-order valence-corrected chi connectivity index (χ3v) is 5.60. The summed E-state index contributed by atoms with van der Waals surface area (Å²) in [6.45, 7) is 1.98. The van der Waals surface area contributed by atoms with Crippen LogP contribution in [-0.2, 0) is 13.5 Å². The molecule has 0 saturated heterocycles. The Morgan fingerprint density at radius 2 is 1.81 bits per heavy atom. The monoisotopic (exact) mass is 433 g/mol. The number of hydrazone groups is 1. The molecule has 0 fully saturated rings. The quantitative estimate of drug-likeness (QED) is 0.683. The van der Waals surface area contributed by atoms with Gasteiger partial charge in [0.1, 0.15) is 0 Å². The predicted octanol–water partition coefficient (Wildman–Crippen LogP) is 3.44. The Morgan fingerprint density at radius 3 is 2.47 bits per heavy atom. The molecule has 3 aromatic rings. The number of carbonyl (C=O) groups is 1. The van der Waals surface area contributed by atoms with Gasteiger partial charge in [0.15, 0.2) is 11.5 Å². The Hall–Kier alpha value is -3.81. The Balaban J connectivity index is 1.92. The summed E-state index contributed by atoms with van der Waals surface area (Å²) in [5.74, 6) is 1.26. The topological polar surface area (TPSA) is 81.0 Å². The third-order valence-electron chi connectivity index (χ3n) is 5.60. The van der Waals surface area contributed by atoms with Gasteiger partial charge in [-0.3, -0.25) is 4.68 Å². The smallest absolute Gasteiger partial charge is 0.337 e. The number of ether oxygens (including phenoxy) is 2. The molecular formula is C24H27N5O3. The highest BCUT2D eigenvalue weighted by Gasteiger charge is 2.28. The fraction of sp³-hybridized carbons (Fsp3) is 0.292. The molecule has 1 aliphatic rings. The highest BCUT2D eigenvalue weighted by Crippen LogP contribution is 2.35. The normalized spacial score (nSPS) is 15.5. The van der Waals surface area contributed by atoms with Gasteiger partial charge in [0, 0.05) is 37.0 Å². The number of urea groups is 1. The maximum atomic E-state index is 12.6. The van der Waals surface area contributed by atoms with Crippen molar-refractivity contribution in [2.24, 2.45) is 12.1 Å². The molecule has 0 saturated carbocycles. The molecule has 2 aromatic carbocycles. The number of amides is 2. The predicted molar refractivity (Wildman–Crippen MR) is 123 cm³/mol. The fourth-order valence-corrected chi connectivity index (χ4v) is 3.97. The van der Waals surface area contributed by atoms with Crippen molar-refractivity contribution >= 4 is 11.7 Å². The summed E-state index contributed by atoms with van der Waals surface area (Å²) >= 11 is 0. The van der Waals surface area contributed by atoms with E-state index in [1.807, 2.05) is 56.7 Å². The van der Waals surface area contributed by atoms with Crippen molar-refractivity contribution in [3.63, 3.8) is 0 Å². The van der Waals surface area contributed by atoms with E-state index < -0.39 is 0 Å². The van der Waals surface area contributed by atoms with Crippen LogP contribution in [0, 0.1) is 0 Å². The molecule has 166 valence electrons. The second-order valence-corrected chi connectivity index (χ2v) is 7.75. The molecule has 1 N–H and O–H groups in total. The first-order valence-electron chi connectivity index (χ1n) is 10.4. The van der Waals surface area contributed by atoms with Gasteiger partial charge < -0.3 is 14.8 Å². The van der Waals surface area contributed by atoms with Crippen LogP contribution in [0.4, 0.5) is 4.79 Å². The number of aromatic nitrogens is 2. The number of nitrogens with zero attached hydrogens (tertiary/aromatic N) is 4. The lowest BCUT2D eigenvalue weighted by molar-refractivity contribution is 0.184. The van der Waals surface area contributed by atoms with Gasteiger partial charge in [-0.1, -0.05) is 18.2 Å². The number of methoxy groups -OCH3 is 2. The molecule has 0 radical (unpaired) electrons. The van der Waals surface area contributed by atoms with Gasteiger partial charge >= 0.3 is 6.03 Å². The van der Waals surface area contributed by atoms with Crippen LogP contribution < -0.4 is 14.8 Å². The van der Waals surface area contributed by atoms with E-state index >= 15 is 0 Å². The standard InChI is InChI=1S/C24H27N5O3/c1-15-9-18-11-21(31-4)22(32-5)12-20(18)23(27-29(15)24(30)25-2)17-8-6-7-16(10-17)19-13-26-28(3)14-19/h6-8,10-15H,9H2,1-5H3,(H,25,30). The Bertz CT molecular complexity index is 1180. The number of hydrogen-bond acceptors (Lipinski definition) is 5. The lowest BCUT2D eigenvalue weighted by Crippen LogP contribution is -2.41. The van der Waals surface area contributed by atoms with E-state index in [9.17, 15) is 4.79 Å². The number of carbonyl (C=O) groups excluding carboxylic acids is 1. The minimum Gasteiger partial charge on any atom is -0.493 e. The lowest BCUT2D eigenvalue weighted by Gasteiger charge is -2.22. The molecular weight excluding hydrogens is 406 g/mol. The summed E-state index contributed by atoms with van der Waals surface area (Å²) in [6, 6.07) is 11.6. The van der Waals surface area contributed by atoms with Crippen LogP contribution in [0.1, 0.15) is 23.6 Å². The first-order chi connectivity index (χ1) is 15.4. The highest BCUT2D eigenvalue weighted by molar-refractivity contribution is 6.15. The summed E-state index contributed by atoms with van der Waals surface area (Å²) in [5.41, 5.74) is 5.55. The van der Waals surface area contributed by atoms with Crippen LogP contribution in [0.15, 0.2) is 53.9 Å². The number of aryl methyl sites for hydroxylation is 1. The van der Waals surface area contributed by atoms with Gasteiger partial charge in [0.25, 0.3) is 0 Å². The Morgan fingerprint density at radius 1 is 1.09 bits per heavy atom. The minimum absolute atomic E-state index is 0.147. The maximum absolute atomic E-state index is 12.6. The second-order valence-electron chi connectivity index (χ2n) is 7.75.